The van der Waals surface area contributed by atoms with Crippen molar-refractivity contribution < 1.29 is 18.3 Å². The number of carbonyl (C=O) groups is 1. The zero-order chi connectivity index (χ0) is 12.9. The van der Waals surface area contributed by atoms with Gasteiger partial charge in [0.25, 0.3) is 0 Å². The summed E-state index contributed by atoms with van der Waals surface area (Å²) in [7, 11) is -3.61. The summed E-state index contributed by atoms with van der Waals surface area (Å²) in [5, 5.41) is 11.8. The Morgan fingerprint density at radius 1 is 1.41 bits per heavy atom. The lowest BCUT2D eigenvalue weighted by Gasteiger charge is -2.30. The van der Waals surface area contributed by atoms with Crippen molar-refractivity contribution in [2.45, 2.75) is 19.8 Å². The minimum atomic E-state index is -3.61. The third-order valence-corrected chi connectivity index (χ3v) is 4.72. The Hall–Kier alpha value is -0.660. The lowest BCUT2D eigenvalue weighted by molar-refractivity contribution is -0.134. The zero-order valence-electron chi connectivity index (χ0n) is 10.1. The van der Waals surface area contributed by atoms with Crippen LogP contribution < -0.4 is 5.32 Å². The van der Waals surface area contributed by atoms with Crippen molar-refractivity contribution in [3.8, 4) is 0 Å². The van der Waals surface area contributed by atoms with Crippen molar-refractivity contribution in [1.29, 1.82) is 0 Å². The van der Waals surface area contributed by atoms with Gasteiger partial charge in [-0.1, -0.05) is 6.92 Å². The van der Waals surface area contributed by atoms with E-state index in [1.807, 2.05) is 6.92 Å². The molecule has 0 atom stereocenters. The quantitative estimate of drug-likeness (QED) is 0.689. The summed E-state index contributed by atoms with van der Waals surface area (Å²) in [6.07, 6.45) is 1.59. The Kier molecular flexibility index (Phi) is 5.35. The van der Waals surface area contributed by atoms with Gasteiger partial charge in [0.1, 0.15) is 0 Å². The average molecular weight is 264 g/mol. The lowest BCUT2D eigenvalue weighted by atomic mass is 9.98. The highest BCUT2D eigenvalue weighted by atomic mass is 32.2. The molecule has 1 rings (SSSR count). The fraction of sp³-hybridized carbons (Fsp3) is 0.900. The molecule has 0 saturated carbocycles. The third kappa shape index (κ3) is 4.61. The van der Waals surface area contributed by atoms with Crippen LogP contribution in [0.15, 0.2) is 0 Å². The van der Waals surface area contributed by atoms with Gasteiger partial charge < -0.3 is 10.4 Å². The molecule has 0 radical (unpaired) electrons. The van der Waals surface area contributed by atoms with Crippen LogP contribution in [0.5, 0.6) is 0 Å². The van der Waals surface area contributed by atoms with E-state index in [0.717, 1.165) is 25.9 Å². The molecule has 0 aromatic heterocycles. The van der Waals surface area contributed by atoms with Crippen molar-refractivity contribution in [2.75, 3.05) is 31.9 Å². The largest absolute Gasteiger partial charge is 0.480 e. The summed E-state index contributed by atoms with van der Waals surface area (Å²) in [5.74, 6) is -1.60. The van der Waals surface area contributed by atoms with E-state index in [2.05, 4.69) is 5.32 Å². The van der Waals surface area contributed by atoms with Crippen LogP contribution in [0.3, 0.4) is 0 Å². The SMILES string of the molecule is CCNCC1CCN(S(=O)(=O)CC(=O)O)CC1. The number of carboxylic acids is 1. The second-order valence-electron chi connectivity index (χ2n) is 4.30. The smallest absolute Gasteiger partial charge is 0.320 e. The summed E-state index contributed by atoms with van der Waals surface area (Å²) in [6.45, 7) is 4.73. The highest BCUT2D eigenvalue weighted by Crippen LogP contribution is 2.19. The molecule has 0 unspecified atom stereocenters. The molecular formula is C10H20N2O4S. The molecule has 6 nitrogen and oxygen atoms in total. The lowest BCUT2D eigenvalue weighted by Crippen LogP contribution is -2.42. The van der Waals surface area contributed by atoms with Gasteiger partial charge >= 0.3 is 5.97 Å². The second-order valence-corrected chi connectivity index (χ2v) is 6.27. The van der Waals surface area contributed by atoms with E-state index in [4.69, 9.17) is 5.11 Å². The van der Waals surface area contributed by atoms with Crippen LogP contribution in [0.1, 0.15) is 19.8 Å². The van der Waals surface area contributed by atoms with Gasteiger partial charge in [-0.25, -0.2) is 12.7 Å². The highest BCUT2D eigenvalue weighted by Gasteiger charge is 2.29. The number of nitrogens with zero attached hydrogens (tertiary/aromatic N) is 1. The van der Waals surface area contributed by atoms with Crippen molar-refractivity contribution >= 4 is 16.0 Å². The van der Waals surface area contributed by atoms with Crippen molar-refractivity contribution in [3.05, 3.63) is 0 Å². The van der Waals surface area contributed by atoms with Crippen molar-refractivity contribution in [3.63, 3.8) is 0 Å². The number of piperidine rings is 1. The first-order chi connectivity index (χ1) is 7.95. The van der Waals surface area contributed by atoms with E-state index in [9.17, 15) is 13.2 Å². The van der Waals surface area contributed by atoms with E-state index in [1.165, 1.54) is 4.31 Å². The molecule has 0 spiro atoms. The number of carboxylic acid groups (broad SMARTS) is 1. The zero-order valence-corrected chi connectivity index (χ0v) is 10.9. The normalized spacial score (nSPS) is 19.4. The van der Waals surface area contributed by atoms with Crippen LogP contribution in [0.2, 0.25) is 0 Å². The molecular weight excluding hydrogens is 244 g/mol. The van der Waals surface area contributed by atoms with E-state index in [-0.39, 0.29) is 0 Å². The second kappa shape index (κ2) is 6.32. The fourth-order valence-corrected chi connectivity index (χ4v) is 3.25. The predicted molar refractivity (Wildman–Crippen MR) is 64.3 cm³/mol. The molecule has 0 aliphatic carbocycles. The van der Waals surface area contributed by atoms with Crippen molar-refractivity contribution in [1.82, 2.24) is 9.62 Å². The molecule has 100 valence electrons. The molecule has 1 saturated heterocycles. The number of nitrogens with one attached hydrogen (secondary N) is 1. The third-order valence-electron chi connectivity index (χ3n) is 2.96. The topological polar surface area (TPSA) is 86.7 Å². The van der Waals surface area contributed by atoms with Gasteiger partial charge in [-0.2, -0.15) is 0 Å². The van der Waals surface area contributed by atoms with Crippen LogP contribution in [-0.2, 0) is 14.8 Å². The van der Waals surface area contributed by atoms with Crippen molar-refractivity contribution in [2.24, 2.45) is 5.92 Å². The number of hydrogen-bond acceptors (Lipinski definition) is 4. The summed E-state index contributed by atoms with van der Waals surface area (Å²) in [4.78, 5) is 10.4. The van der Waals surface area contributed by atoms with Crippen LogP contribution >= 0.6 is 0 Å². The molecule has 0 aromatic rings. The molecule has 0 aromatic carbocycles. The van der Waals surface area contributed by atoms with Gasteiger partial charge in [-0.15, -0.1) is 0 Å². The monoisotopic (exact) mass is 264 g/mol. The number of hydrogen-bond donors (Lipinski definition) is 2. The van der Waals surface area contributed by atoms with Crippen LogP contribution in [-0.4, -0.2) is 55.7 Å². The summed E-state index contributed by atoms with van der Waals surface area (Å²) < 4.78 is 24.6. The van der Waals surface area contributed by atoms with Crippen LogP contribution in [0.4, 0.5) is 0 Å². The number of rotatable bonds is 6. The molecule has 0 amide bonds. The Balaban J connectivity index is 2.43. The molecule has 1 aliphatic heterocycles. The minimum absolute atomic E-state index is 0.436. The van der Waals surface area contributed by atoms with E-state index in [1.54, 1.807) is 0 Å². The van der Waals surface area contributed by atoms with Gasteiger partial charge in [-0.05, 0) is 31.8 Å². The average Bonchev–Trinajstić information content (AvgIpc) is 2.25. The summed E-state index contributed by atoms with van der Waals surface area (Å²) >= 11 is 0. The Morgan fingerprint density at radius 3 is 2.47 bits per heavy atom. The van der Waals surface area contributed by atoms with Gasteiger partial charge in [0.2, 0.25) is 10.0 Å². The fourth-order valence-electron chi connectivity index (χ4n) is 1.99. The molecule has 1 heterocycles. The molecule has 17 heavy (non-hydrogen) atoms. The molecule has 2 N–H and O–H groups in total. The molecule has 7 heteroatoms. The maximum Gasteiger partial charge on any atom is 0.320 e. The maximum absolute atomic E-state index is 11.6. The first-order valence-electron chi connectivity index (χ1n) is 5.86. The van der Waals surface area contributed by atoms with Crippen LogP contribution in [0, 0.1) is 5.92 Å². The molecule has 0 bridgehead atoms. The first kappa shape index (κ1) is 14.4. The van der Waals surface area contributed by atoms with E-state index in [0.29, 0.717) is 19.0 Å². The summed E-state index contributed by atoms with van der Waals surface area (Å²) in [5.41, 5.74) is 0. The summed E-state index contributed by atoms with van der Waals surface area (Å²) in [6, 6.07) is 0. The van der Waals surface area contributed by atoms with Gasteiger partial charge in [0.05, 0.1) is 0 Å². The Bertz CT molecular complexity index is 347. The van der Waals surface area contributed by atoms with E-state index >= 15 is 0 Å². The Labute approximate surface area is 102 Å². The van der Waals surface area contributed by atoms with Gasteiger partial charge in [-0.3, -0.25) is 4.79 Å². The maximum atomic E-state index is 11.6. The molecule has 1 fully saturated rings. The number of aliphatic carboxylic acids is 1. The van der Waals surface area contributed by atoms with Crippen LogP contribution in [0.25, 0.3) is 0 Å². The minimum Gasteiger partial charge on any atom is -0.480 e. The van der Waals surface area contributed by atoms with Gasteiger partial charge in [0, 0.05) is 13.1 Å². The standard InChI is InChI=1S/C10H20N2O4S/c1-2-11-7-9-3-5-12(6-4-9)17(15,16)8-10(13)14/h9,11H,2-8H2,1H3,(H,13,14). The molecule has 1 aliphatic rings. The number of sulfonamides is 1. The Morgan fingerprint density at radius 2 is 2.00 bits per heavy atom. The first-order valence-corrected chi connectivity index (χ1v) is 7.47. The van der Waals surface area contributed by atoms with E-state index < -0.39 is 21.7 Å². The predicted octanol–water partition coefficient (Wildman–Crippen LogP) is -0.278. The highest BCUT2D eigenvalue weighted by molar-refractivity contribution is 7.89. The van der Waals surface area contributed by atoms with Gasteiger partial charge in [0.15, 0.2) is 5.75 Å².